The SMILES string of the molecule is Nc1nc(NC2CCCCC2)nc(C2CC3CC2CC3c2nc(N)nc(NC3CCCCC3)n2)n1. The standard InChI is InChI=1S/C25H38N10/c26-22-30-20(32-24(34-22)28-16-7-3-1-4-8-16)18-12-15-11-14(18)13-19(15)21-31-23(27)35-25(33-21)29-17-9-5-2-6-10-17/h14-19H,1-13H2,(H3,26,28,30,32,34)(H3,27,29,31,33,35). The summed E-state index contributed by atoms with van der Waals surface area (Å²) in [4.78, 5) is 27.6. The molecule has 4 aliphatic rings. The van der Waals surface area contributed by atoms with E-state index in [1.807, 2.05) is 0 Å². The smallest absolute Gasteiger partial charge is 0.227 e. The van der Waals surface area contributed by atoms with Gasteiger partial charge in [0.2, 0.25) is 23.8 Å². The highest BCUT2D eigenvalue weighted by molar-refractivity contribution is 5.35. The summed E-state index contributed by atoms with van der Waals surface area (Å²) in [7, 11) is 0. The van der Waals surface area contributed by atoms with Crippen LogP contribution in [0.25, 0.3) is 0 Å². The van der Waals surface area contributed by atoms with Gasteiger partial charge in [-0.15, -0.1) is 0 Å². The first-order valence-electron chi connectivity index (χ1n) is 13.7. The molecule has 0 saturated heterocycles. The topological polar surface area (TPSA) is 153 Å². The van der Waals surface area contributed by atoms with E-state index in [1.54, 1.807) is 0 Å². The van der Waals surface area contributed by atoms with Gasteiger partial charge in [-0.05, 0) is 56.8 Å². The first-order valence-corrected chi connectivity index (χ1v) is 13.7. The van der Waals surface area contributed by atoms with E-state index < -0.39 is 0 Å². The molecule has 0 aliphatic heterocycles. The molecule has 0 aromatic carbocycles. The predicted molar refractivity (Wildman–Crippen MR) is 136 cm³/mol. The highest BCUT2D eigenvalue weighted by Gasteiger charge is 2.49. The van der Waals surface area contributed by atoms with Crippen LogP contribution in [0.1, 0.15) is 107 Å². The Morgan fingerprint density at radius 3 is 1.34 bits per heavy atom. The highest BCUT2D eigenvalue weighted by atomic mass is 15.2. The first kappa shape index (κ1) is 22.7. The molecule has 4 aliphatic carbocycles. The molecule has 0 radical (unpaired) electrons. The van der Waals surface area contributed by atoms with Gasteiger partial charge in [0, 0.05) is 23.9 Å². The third kappa shape index (κ3) is 4.97. The van der Waals surface area contributed by atoms with E-state index in [0.29, 0.717) is 59.5 Å². The Morgan fingerprint density at radius 2 is 0.943 bits per heavy atom. The van der Waals surface area contributed by atoms with Crippen molar-refractivity contribution < 1.29 is 0 Å². The Labute approximate surface area is 206 Å². The van der Waals surface area contributed by atoms with Gasteiger partial charge in [0.15, 0.2) is 0 Å². The van der Waals surface area contributed by atoms with Crippen LogP contribution in [0.15, 0.2) is 0 Å². The summed E-state index contributed by atoms with van der Waals surface area (Å²) in [5, 5.41) is 7.04. The van der Waals surface area contributed by atoms with Crippen LogP contribution in [0.4, 0.5) is 23.8 Å². The van der Waals surface area contributed by atoms with Crippen LogP contribution in [-0.4, -0.2) is 42.0 Å². The minimum Gasteiger partial charge on any atom is -0.368 e. The van der Waals surface area contributed by atoms with E-state index >= 15 is 0 Å². The molecule has 6 N–H and O–H groups in total. The summed E-state index contributed by atoms with van der Waals surface area (Å²) in [5.74, 6) is 5.23. The predicted octanol–water partition coefficient (Wildman–Crippen LogP) is 4.01. The molecule has 2 heterocycles. The second-order valence-electron chi connectivity index (χ2n) is 11.1. The Hall–Kier alpha value is -2.78. The number of rotatable bonds is 6. The molecule has 4 unspecified atom stereocenters. The molecular weight excluding hydrogens is 440 g/mol. The third-order valence-corrected chi connectivity index (χ3v) is 8.74. The molecule has 188 valence electrons. The molecule has 35 heavy (non-hydrogen) atoms. The van der Waals surface area contributed by atoms with E-state index in [9.17, 15) is 0 Å². The third-order valence-electron chi connectivity index (χ3n) is 8.74. The van der Waals surface area contributed by atoms with Crippen molar-refractivity contribution >= 4 is 23.8 Å². The maximum absolute atomic E-state index is 6.11. The highest BCUT2D eigenvalue weighted by Crippen LogP contribution is 2.58. The molecule has 2 bridgehead atoms. The van der Waals surface area contributed by atoms with Crippen LogP contribution in [-0.2, 0) is 0 Å². The molecule has 6 rings (SSSR count). The second kappa shape index (κ2) is 9.70. The van der Waals surface area contributed by atoms with Crippen molar-refractivity contribution in [1.29, 1.82) is 0 Å². The van der Waals surface area contributed by atoms with E-state index in [1.165, 1.54) is 64.2 Å². The minimum absolute atomic E-state index is 0.312. The Bertz CT molecular complexity index is 951. The molecule has 10 heteroatoms. The van der Waals surface area contributed by atoms with Crippen LogP contribution in [0.5, 0.6) is 0 Å². The van der Waals surface area contributed by atoms with Crippen molar-refractivity contribution in [2.75, 3.05) is 22.1 Å². The number of anilines is 4. The molecule has 2 aromatic rings. The molecule has 0 amide bonds. The summed E-state index contributed by atoms with van der Waals surface area (Å²) in [6.07, 6.45) is 15.6. The minimum atomic E-state index is 0.312. The van der Waals surface area contributed by atoms with Gasteiger partial charge in [0.25, 0.3) is 0 Å². The average Bonchev–Trinajstić information content (AvgIpc) is 3.46. The van der Waals surface area contributed by atoms with Crippen LogP contribution in [0.2, 0.25) is 0 Å². The van der Waals surface area contributed by atoms with Crippen molar-refractivity contribution in [2.45, 2.75) is 107 Å². The molecule has 10 nitrogen and oxygen atoms in total. The summed E-state index contributed by atoms with van der Waals surface area (Å²) < 4.78 is 0. The van der Waals surface area contributed by atoms with E-state index in [0.717, 1.165) is 30.9 Å². The lowest BCUT2D eigenvalue weighted by molar-refractivity contribution is 0.355. The largest absolute Gasteiger partial charge is 0.368 e. The van der Waals surface area contributed by atoms with Crippen molar-refractivity contribution in [3.63, 3.8) is 0 Å². The number of nitrogens with zero attached hydrogens (tertiary/aromatic N) is 6. The lowest BCUT2D eigenvalue weighted by Crippen LogP contribution is -2.26. The van der Waals surface area contributed by atoms with Crippen LogP contribution < -0.4 is 22.1 Å². The molecule has 4 atom stereocenters. The fourth-order valence-corrected chi connectivity index (χ4v) is 7.05. The quantitative estimate of drug-likeness (QED) is 0.479. The van der Waals surface area contributed by atoms with Crippen molar-refractivity contribution in [2.24, 2.45) is 11.8 Å². The lowest BCUT2D eigenvalue weighted by Gasteiger charge is -2.27. The number of nitrogens with two attached hydrogens (primary N) is 2. The van der Waals surface area contributed by atoms with Gasteiger partial charge < -0.3 is 22.1 Å². The van der Waals surface area contributed by atoms with E-state index in [-0.39, 0.29) is 0 Å². The van der Waals surface area contributed by atoms with Crippen LogP contribution in [0.3, 0.4) is 0 Å². The molecular formula is C25H38N10. The fraction of sp³-hybridized carbons (Fsp3) is 0.760. The zero-order chi connectivity index (χ0) is 23.8. The van der Waals surface area contributed by atoms with Gasteiger partial charge in [0.1, 0.15) is 11.6 Å². The Kier molecular flexibility index (Phi) is 6.28. The zero-order valence-electron chi connectivity index (χ0n) is 20.5. The normalized spacial score (nSPS) is 29.4. The van der Waals surface area contributed by atoms with E-state index in [4.69, 9.17) is 21.4 Å². The van der Waals surface area contributed by atoms with Gasteiger partial charge in [-0.25, -0.2) is 0 Å². The number of nitrogens with one attached hydrogen (secondary N) is 2. The molecule has 2 aromatic heterocycles. The van der Waals surface area contributed by atoms with Crippen molar-refractivity contribution in [1.82, 2.24) is 29.9 Å². The van der Waals surface area contributed by atoms with Crippen LogP contribution >= 0.6 is 0 Å². The number of hydrogen-bond acceptors (Lipinski definition) is 10. The monoisotopic (exact) mass is 478 g/mol. The van der Waals surface area contributed by atoms with Gasteiger partial charge in [0.05, 0.1) is 0 Å². The summed E-state index contributed by atoms with van der Waals surface area (Å²) >= 11 is 0. The molecule has 4 fully saturated rings. The Morgan fingerprint density at radius 1 is 0.514 bits per heavy atom. The number of fused-ring (bicyclic) bond motifs is 2. The van der Waals surface area contributed by atoms with Crippen molar-refractivity contribution in [3.05, 3.63) is 11.6 Å². The maximum atomic E-state index is 6.11. The van der Waals surface area contributed by atoms with Gasteiger partial charge in [-0.1, -0.05) is 38.5 Å². The fourth-order valence-electron chi connectivity index (χ4n) is 7.05. The summed E-state index contributed by atoms with van der Waals surface area (Å²) in [5.41, 5.74) is 12.2. The maximum Gasteiger partial charge on any atom is 0.227 e. The second-order valence-corrected chi connectivity index (χ2v) is 11.1. The van der Waals surface area contributed by atoms with Crippen molar-refractivity contribution in [3.8, 4) is 0 Å². The summed E-state index contributed by atoms with van der Waals surface area (Å²) in [6.45, 7) is 0. The number of hydrogen-bond donors (Lipinski definition) is 4. The Balaban J connectivity index is 1.14. The van der Waals surface area contributed by atoms with Gasteiger partial charge in [-0.2, -0.15) is 29.9 Å². The molecule has 4 saturated carbocycles. The van der Waals surface area contributed by atoms with E-state index in [2.05, 4.69) is 30.6 Å². The van der Waals surface area contributed by atoms with Crippen LogP contribution in [0, 0.1) is 11.8 Å². The average molecular weight is 479 g/mol. The molecule has 0 spiro atoms. The number of nitrogen functional groups attached to an aromatic ring is 2. The van der Waals surface area contributed by atoms with Gasteiger partial charge in [-0.3, -0.25) is 0 Å². The van der Waals surface area contributed by atoms with Gasteiger partial charge >= 0.3 is 0 Å². The zero-order valence-corrected chi connectivity index (χ0v) is 20.5. The lowest BCUT2D eigenvalue weighted by atomic mass is 9.81. The number of aromatic nitrogens is 6. The first-order chi connectivity index (χ1) is 17.1. The summed E-state index contributed by atoms with van der Waals surface area (Å²) in [6, 6.07) is 0.877.